The molecule has 1 aliphatic rings. The molecule has 2 rings (SSSR count). The molecule has 1 amide bonds. The fraction of sp³-hybridized carbons (Fsp3) is 0.545. The number of aromatic amines is 1. The van der Waals surface area contributed by atoms with E-state index in [2.05, 4.69) is 9.97 Å². The highest BCUT2D eigenvalue weighted by Crippen LogP contribution is 2.16. The Morgan fingerprint density at radius 1 is 1.65 bits per heavy atom. The van der Waals surface area contributed by atoms with Gasteiger partial charge in [-0.15, -0.1) is 0 Å². The summed E-state index contributed by atoms with van der Waals surface area (Å²) in [4.78, 5) is 31.0. The molecule has 3 N–H and O–H groups in total. The Kier molecular flexibility index (Phi) is 3.53. The molecular weight excluding hydrogens is 220 g/mol. The van der Waals surface area contributed by atoms with E-state index in [9.17, 15) is 9.59 Å². The van der Waals surface area contributed by atoms with Crippen LogP contribution in [0.15, 0.2) is 17.2 Å². The SMILES string of the molecule is NCC1CCCN(C(=O)c2c[nH]c(=O)cn2)C1. The van der Waals surface area contributed by atoms with E-state index < -0.39 is 0 Å². The lowest BCUT2D eigenvalue weighted by Crippen LogP contribution is -2.42. The van der Waals surface area contributed by atoms with Crippen LogP contribution in [0.5, 0.6) is 0 Å². The molecule has 0 radical (unpaired) electrons. The number of likely N-dealkylation sites (tertiary alicyclic amines) is 1. The number of hydrogen-bond donors (Lipinski definition) is 2. The molecule has 6 heteroatoms. The number of rotatable bonds is 2. The smallest absolute Gasteiger partial charge is 0.273 e. The van der Waals surface area contributed by atoms with Crippen molar-refractivity contribution in [1.29, 1.82) is 0 Å². The van der Waals surface area contributed by atoms with Gasteiger partial charge in [0.05, 0.1) is 6.20 Å². The van der Waals surface area contributed by atoms with Gasteiger partial charge in [0.15, 0.2) is 0 Å². The molecule has 0 aromatic carbocycles. The van der Waals surface area contributed by atoms with Crippen molar-refractivity contribution in [2.45, 2.75) is 12.8 Å². The van der Waals surface area contributed by atoms with Crippen LogP contribution >= 0.6 is 0 Å². The Balaban J connectivity index is 2.09. The van der Waals surface area contributed by atoms with Crippen molar-refractivity contribution < 1.29 is 4.79 Å². The number of H-pyrrole nitrogens is 1. The van der Waals surface area contributed by atoms with Gasteiger partial charge in [-0.2, -0.15) is 0 Å². The number of amides is 1. The number of hydrogen-bond acceptors (Lipinski definition) is 4. The molecule has 0 saturated carbocycles. The first kappa shape index (κ1) is 11.8. The number of nitrogens with one attached hydrogen (secondary N) is 1. The molecule has 0 aliphatic carbocycles. The van der Waals surface area contributed by atoms with Crippen LogP contribution in [-0.2, 0) is 0 Å². The molecule has 1 aromatic rings. The lowest BCUT2D eigenvalue weighted by Gasteiger charge is -2.31. The van der Waals surface area contributed by atoms with Gasteiger partial charge in [-0.25, -0.2) is 4.98 Å². The molecule has 1 aliphatic heterocycles. The fourth-order valence-corrected chi connectivity index (χ4v) is 2.06. The van der Waals surface area contributed by atoms with E-state index in [1.165, 1.54) is 6.20 Å². The van der Waals surface area contributed by atoms with Crippen LogP contribution in [0.4, 0.5) is 0 Å². The first-order valence-electron chi connectivity index (χ1n) is 5.75. The number of nitrogens with zero attached hydrogens (tertiary/aromatic N) is 2. The zero-order valence-corrected chi connectivity index (χ0v) is 9.56. The largest absolute Gasteiger partial charge is 0.337 e. The third-order valence-electron chi connectivity index (χ3n) is 3.03. The Morgan fingerprint density at radius 3 is 3.12 bits per heavy atom. The second kappa shape index (κ2) is 5.09. The summed E-state index contributed by atoms with van der Waals surface area (Å²) in [7, 11) is 0. The van der Waals surface area contributed by atoms with Crippen molar-refractivity contribution in [2.75, 3.05) is 19.6 Å². The second-order valence-electron chi connectivity index (χ2n) is 4.29. The fourth-order valence-electron chi connectivity index (χ4n) is 2.06. The van der Waals surface area contributed by atoms with E-state index in [1.54, 1.807) is 4.90 Å². The molecule has 1 atom stereocenters. The standard InChI is InChI=1S/C11H16N4O2/c12-4-8-2-1-3-15(7-8)11(17)9-5-14-10(16)6-13-9/h5-6,8H,1-4,7,12H2,(H,14,16). The quantitative estimate of drug-likeness (QED) is 0.729. The molecular formula is C11H16N4O2. The highest BCUT2D eigenvalue weighted by atomic mass is 16.2. The molecule has 6 nitrogen and oxygen atoms in total. The van der Waals surface area contributed by atoms with Crippen LogP contribution < -0.4 is 11.3 Å². The van der Waals surface area contributed by atoms with Crippen molar-refractivity contribution >= 4 is 5.91 Å². The Hall–Kier alpha value is -1.69. The Bertz CT molecular complexity index is 437. The van der Waals surface area contributed by atoms with Gasteiger partial charge in [-0.05, 0) is 25.3 Å². The molecule has 0 spiro atoms. The van der Waals surface area contributed by atoms with Crippen molar-refractivity contribution in [1.82, 2.24) is 14.9 Å². The summed E-state index contributed by atoms with van der Waals surface area (Å²) in [5, 5.41) is 0. The summed E-state index contributed by atoms with van der Waals surface area (Å²) in [5.41, 5.74) is 5.60. The highest BCUT2D eigenvalue weighted by molar-refractivity contribution is 5.92. The van der Waals surface area contributed by atoms with E-state index in [0.29, 0.717) is 19.0 Å². The molecule has 1 aromatic heterocycles. The van der Waals surface area contributed by atoms with Crippen LogP contribution in [0.2, 0.25) is 0 Å². The molecule has 92 valence electrons. The minimum Gasteiger partial charge on any atom is -0.337 e. The predicted molar refractivity (Wildman–Crippen MR) is 62.5 cm³/mol. The van der Waals surface area contributed by atoms with Gasteiger partial charge >= 0.3 is 0 Å². The van der Waals surface area contributed by atoms with Crippen molar-refractivity contribution in [3.63, 3.8) is 0 Å². The summed E-state index contributed by atoms with van der Waals surface area (Å²) in [6, 6.07) is 0. The molecule has 1 saturated heterocycles. The van der Waals surface area contributed by atoms with Crippen molar-refractivity contribution in [3.8, 4) is 0 Å². The van der Waals surface area contributed by atoms with Gasteiger partial charge in [0, 0.05) is 19.3 Å². The third kappa shape index (κ3) is 2.71. The van der Waals surface area contributed by atoms with Gasteiger partial charge in [0.25, 0.3) is 11.5 Å². The molecule has 2 heterocycles. The first-order valence-corrected chi connectivity index (χ1v) is 5.75. The Morgan fingerprint density at radius 2 is 2.47 bits per heavy atom. The van der Waals surface area contributed by atoms with E-state index in [4.69, 9.17) is 5.73 Å². The molecule has 1 unspecified atom stereocenters. The normalized spacial score (nSPS) is 20.3. The van der Waals surface area contributed by atoms with Crippen molar-refractivity contribution in [3.05, 3.63) is 28.4 Å². The van der Waals surface area contributed by atoms with Crippen LogP contribution in [0.1, 0.15) is 23.3 Å². The van der Waals surface area contributed by atoms with Crippen molar-refractivity contribution in [2.24, 2.45) is 11.7 Å². The van der Waals surface area contributed by atoms with Crippen LogP contribution in [-0.4, -0.2) is 40.4 Å². The minimum absolute atomic E-state index is 0.139. The topological polar surface area (TPSA) is 92.1 Å². The van der Waals surface area contributed by atoms with Gasteiger partial charge in [-0.3, -0.25) is 9.59 Å². The minimum atomic E-state index is -0.306. The molecule has 0 bridgehead atoms. The second-order valence-corrected chi connectivity index (χ2v) is 4.29. The summed E-state index contributed by atoms with van der Waals surface area (Å²) in [6.07, 6.45) is 4.52. The number of carbonyl (C=O) groups excluding carboxylic acids is 1. The number of nitrogens with two attached hydrogens (primary N) is 1. The summed E-state index contributed by atoms with van der Waals surface area (Å²) < 4.78 is 0. The van der Waals surface area contributed by atoms with Gasteiger partial charge in [-0.1, -0.05) is 0 Å². The van der Waals surface area contributed by atoms with Gasteiger partial charge in [0.2, 0.25) is 0 Å². The van der Waals surface area contributed by atoms with E-state index >= 15 is 0 Å². The maximum Gasteiger partial charge on any atom is 0.273 e. The van der Waals surface area contributed by atoms with Crippen LogP contribution in [0, 0.1) is 5.92 Å². The van der Waals surface area contributed by atoms with Gasteiger partial charge in [0.1, 0.15) is 5.69 Å². The van der Waals surface area contributed by atoms with E-state index in [1.807, 2.05) is 0 Å². The maximum absolute atomic E-state index is 12.1. The molecule has 1 fully saturated rings. The predicted octanol–water partition coefficient (Wildman–Crippen LogP) is -0.419. The number of aromatic nitrogens is 2. The lowest BCUT2D eigenvalue weighted by atomic mass is 9.98. The summed E-state index contributed by atoms with van der Waals surface area (Å²) in [6.45, 7) is 2.01. The third-order valence-corrected chi connectivity index (χ3v) is 3.03. The summed E-state index contributed by atoms with van der Waals surface area (Å²) >= 11 is 0. The average molecular weight is 236 g/mol. The first-order chi connectivity index (χ1) is 8.20. The van der Waals surface area contributed by atoms with Crippen LogP contribution in [0.3, 0.4) is 0 Å². The van der Waals surface area contributed by atoms with Gasteiger partial charge < -0.3 is 15.6 Å². The monoisotopic (exact) mass is 236 g/mol. The van der Waals surface area contributed by atoms with Crippen LogP contribution in [0.25, 0.3) is 0 Å². The zero-order chi connectivity index (χ0) is 12.3. The zero-order valence-electron chi connectivity index (χ0n) is 9.56. The molecule has 17 heavy (non-hydrogen) atoms. The number of piperidine rings is 1. The highest BCUT2D eigenvalue weighted by Gasteiger charge is 2.24. The number of carbonyl (C=O) groups is 1. The van der Waals surface area contributed by atoms with E-state index in [0.717, 1.165) is 25.6 Å². The maximum atomic E-state index is 12.1. The summed E-state index contributed by atoms with van der Waals surface area (Å²) in [5.74, 6) is 0.231. The van der Waals surface area contributed by atoms with E-state index in [-0.39, 0.29) is 17.2 Å². The lowest BCUT2D eigenvalue weighted by molar-refractivity contribution is 0.0671. The average Bonchev–Trinajstić information content (AvgIpc) is 2.39. The Labute approximate surface area is 98.8 Å².